The molecule has 10 heteroatoms. The quantitative estimate of drug-likeness (QED) is 0.308. The maximum atomic E-state index is 13.9. The summed E-state index contributed by atoms with van der Waals surface area (Å²) in [7, 11) is 4.67. The second kappa shape index (κ2) is 11.8. The molecule has 39 heavy (non-hydrogen) atoms. The molecule has 204 valence electrons. The summed E-state index contributed by atoms with van der Waals surface area (Å²) in [5.41, 5.74) is 1.54. The first-order valence-electron chi connectivity index (χ1n) is 12.6. The molecular weight excluding hydrogens is 498 g/mol. The van der Waals surface area contributed by atoms with Gasteiger partial charge in [0.15, 0.2) is 0 Å². The number of carbonyl (C=O) groups excluding carboxylic acids is 2. The highest BCUT2D eigenvalue weighted by molar-refractivity contribution is 6.01. The van der Waals surface area contributed by atoms with Gasteiger partial charge >= 0.3 is 0 Å². The van der Waals surface area contributed by atoms with Gasteiger partial charge in [0.2, 0.25) is 11.8 Å². The van der Waals surface area contributed by atoms with Gasteiger partial charge in [-0.2, -0.15) is 0 Å². The Balaban J connectivity index is 1.68. The predicted molar refractivity (Wildman–Crippen MR) is 148 cm³/mol. The van der Waals surface area contributed by atoms with Crippen LogP contribution in [0.5, 0.6) is 17.2 Å². The van der Waals surface area contributed by atoms with Crippen LogP contribution in [0.1, 0.15) is 25.8 Å². The molecule has 0 fully saturated rings. The Morgan fingerprint density at radius 1 is 0.949 bits per heavy atom. The summed E-state index contributed by atoms with van der Waals surface area (Å²) in [6, 6.07) is 20.0. The molecular formula is C29H33N5O5. The molecule has 0 saturated heterocycles. The molecule has 0 bridgehead atoms. The number of rotatable bonds is 11. The van der Waals surface area contributed by atoms with Crippen molar-refractivity contribution in [2.75, 3.05) is 26.6 Å². The predicted octanol–water partition coefficient (Wildman–Crippen LogP) is 4.29. The van der Waals surface area contributed by atoms with Crippen molar-refractivity contribution in [2.24, 2.45) is 0 Å². The number of hydrogen-bond acceptors (Lipinski definition) is 7. The van der Waals surface area contributed by atoms with Gasteiger partial charge in [-0.1, -0.05) is 36.4 Å². The molecule has 0 radical (unpaired) electrons. The summed E-state index contributed by atoms with van der Waals surface area (Å²) < 4.78 is 17.6. The zero-order valence-corrected chi connectivity index (χ0v) is 22.8. The van der Waals surface area contributed by atoms with E-state index < -0.39 is 5.54 Å². The van der Waals surface area contributed by atoms with Crippen molar-refractivity contribution in [3.05, 3.63) is 72.3 Å². The van der Waals surface area contributed by atoms with Gasteiger partial charge < -0.3 is 24.4 Å². The summed E-state index contributed by atoms with van der Waals surface area (Å²) >= 11 is 0. The van der Waals surface area contributed by atoms with E-state index in [2.05, 4.69) is 15.6 Å². The smallest absolute Gasteiger partial charge is 0.250 e. The van der Waals surface area contributed by atoms with Crippen LogP contribution in [0.3, 0.4) is 0 Å². The molecule has 0 aliphatic carbocycles. The molecule has 1 unspecified atom stereocenters. The van der Waals surface area contributed by atoms with Crippen molar-refractivity contribution in [3.8, 4) is 17.2 Å². The summed E-state index contributed by atoms with van der Waals surface area (Å²) in [5.74, 6) is 1.12. The Bertz CT molecular complexity index is 1450. The van der Waals surface area contributed by atoms with Crippen molar-refractivity contribution in [1.82, 2.24) is 19.9 Å². The standard InChI is InChI=1S/C29H33N5O5/c1-6-29(2,28(36)30-24-16-15-22(38-4)17-26(24)39-5)33(18-20-11-13-21(37-3)14-12-20)27(35)19-34-25-10-8-7-9-23(25)31-32-34/h7-17H,6,18-19H2,1-5H3,(H,30,36). The molecule has 2 amide bonds. The fraction of sp³-hybridized carbons (Fsp3) is 0.310. The largest absolute Gasteiger partial charge is 0.497 e. The van der Waals surface area contributed by atoms with Crippen LogP contribution in [0.15, 0.2) is 66.7 Å². The summed E-state index contributed by atoms with van der Waals surface area (Å²) in [5, 5.41) is 11.3. The van der Waals surface area contributed by atoms with Crippen LogP contribution < -0.4 is 19.5 Å². The Hall–Kier alpha value is -4.60. The van der Waals surface area contributed by atoms with Gasteiger partial charge in [0, 0.05) is 12.6 Å². The van der Waals surface area contributed by atoms with Crippen LogP contribution in [0.25, 0.3) is 11.0 Å². The normalized spacial score (nSPS) is 12.4. The van der Waals surface area contributed by atoms with E-state index in [0.29, 0.717) is 34.9 Å². The third kappa shape index (κ3) is 5.79. The highest BCUT2D eigenvalue weighted by Crippen LogP contribution is 2.32. The zero-order chi connectivity index (χ0) is 28.0. The van der Waals surface area contributed by atoms with Crippen LogP contribution in [-0.2, 0) is 22.7 Å². The fourth-order valence-electron chi connectivity index (χ4n) is 4.33. The van der Waals surface area contributed by atoms with Gasteiger partial charge in [-0.15, -0.1) is 5.10 Å². The third-order valence-corrected chi connectivity index (χ3v) is 6.94. The molecule has 1 atom stereocenters. The van der Waals surface area contributed by atoms with Crippen molar-refractivity contribution < 1.29 is 23.8 Å². The molecule has 4 rings (SSSR count). The number of hydrogen-bond donors (Lipinski definition) is 1. The van der Waals surface area contributed by atoms with Gasteiger partial charge in [-0.3, -0.25) is 9.59 Å². The lowest BCUT2D eigenvalue weighted by atomic mass is 9.93. The SMILES string of the molecule is CCC(C)(C(=O)Nc1ccc(OC)cc1OC)N(Cc1ccc(OC)cc1)C(=O)Cn1nnc2ccccc21. The summed E-state index contributed by atoms with van der Waals surface area (Å²) in [6.07, 6.45) is 0.358. The Kier molecular flexibility index (Phi) is 8.33. The number of amides is 2. The number of ether oxygens (including phenoxy) is 3. The lowest BCUT2D eigenvalue weighted by molar-refractivity contribution is -0.146. The van der Waals surface area contributed by atoms with Gasteiger partial charge in [-0.25, -0.2) is 4.68 Å². The van der Waals surface area contributed by atoms with Gasteiger partial charge in [-0.05, 0) is 55.3 Å². The number of aromatic nitrogens is 3. The number of nitrogens with zero attached hydrogens (tertiary/aromatic N) is 4. The van der Waals surface area contributed by atoms with E-state index in [9.17, 15) is 9.59 Å². The molecule has 1 aromatic heterocycles. The first kappa shape index (κ1) is 27.4. The minimum atomic E-state index is -1.21. The van der Waals surface area contributed by atoms with Crippen molar-refractivity contribution in [3.63, 3.8) is 0 Å². The minimum absolute atomic E-state index is 0.0780. The van der Waals surface area contributed by atoms with E-state index in [1.807, 2.05) is 55.5 Å². The lowest BCUT2D eigenvalue weighted by Gasteiger charge is -2.40. The molecule has 0 aliphatic rings. The summed E-state index contributed by atoms with van der Waals surface area (Å²) in [4.78, 5) is 29.4. The molecule has 1 heterocycles. The van der Waals surface area contributed by atoms with E-state index in [-0.39, 0.29) is 24.9 Å². The van der Waals surface area contributed by atoms with Crippen LogP contribution in [-0.4, -0.2) is 58.6 Å². The van der Waals surface area contributed by atoms with Crippen LogP contribution >= 0.6 is 0 Å². The topological polar surface area (TPSA) is 108 Å². The van der Waals surface area contributed by atoms with Gasteiger partial charge in [0.1, 0.15) is 34.8 Å². The van der Waals surface area contributed by atoms with E-state index in [0.717, 1.165) is 11.1 Å². The second-order valence-corrected chi connectivity index (χ2v) is 9.21. The van der Waals surface area contributed by atoms with E-state index in [1.165, 1.54) is 7.11 Å². The molecule has 10 nitrogen and oxygen atoms in total. The number of methoxy groups -OCH3 is 3. The number of anilines is 1. The van der Waals surface area contributed by atoms with E-state index in [4.69, 9.17) is 14.2 Å². The number of nitrogens with one attached hydrogen (secondary N) is 1. The molecule has 0 saturated carbocycles. The van der Waals surface area contributed by atoms with E-state index >= 15 is 0 Å². The van der Waals surface area contributed by atoms with Gasteiger partial charge in [0.25, 0.3) is 0 Å². The third-order valence-electron chi connectivity index (χ3n) is 6.94. The zero-order valence-electron chi connectivity index (χ0n) is 22.8. The number of benzene rings is 3. The Labute approximate surface area is 227 Å². The molecule has 1 N–H and O–H groups in total. The minimum Gasteiger partial charge on any atom is -0.497 e. The van der Waals surface area contributed by atoms with Crippen molar-refractivity contribution >= 4 is 28.5 Å². The average molecular weight is 532 g/mol. The van der Waals surface area contributed by atoms with Gasteiger partial charge in [0.05, 0.1) is 32.5 Å². The fourth-order valence-corrected chi connectivity index (χ4v) is 4.33. The second-order valence-electron chi connectivity index (χ2n) is 9.21. The number of para-hydroxylation sites is 1. The number of fused-ring (bicyclic) bond motifs is 1. The monoisotopic (exact) mass is 531 g/mol. The first-order chi connectivity index (χ1) is 18.8. The average Bonchev–Trinajstić information content (AvgIpc) is 3.38. The Morgan fingerprint density at radius 2 is 1.64 bits per heavy atom. The molecule has 3 aromatic carbocycles. The maximum Gasteiger partial charge on any atom is 0.250 e. The van der Waals surface area contributed by atoms with Crippen LogP contribution in [0, 0.1) is 0 Å². The van der Waals surface area contributed by atoms with Crippen LogP contribution in [0.2, 0.25) is 0 Å². The number of carbonyl (C=O) groups is 2. The Morgan fingerprint density at radius 3 is 2.31 bits per heavy atom. The van der Waals surface area contributed by atoms with Crippen molar-refractivity contribution in [1.29, 1.82) is 0 Å². The van der Waals surface area contributed by atoms with Crippen molar-refractivity contribution in [2.45, 2.75) is 38.9 Å². The highest BCUT2D eigenvalue weighted by Gasteiger charge is 2.41. The summed E-state index contributed by atoms with van der Waals surface area (Å²) in [6.45, 7) is 3.77. The lowest BCUT2D eigenvalue weighted by Crippen LogP contribution is -2.57. The highest BCUT2D eigenvalue weighted by atomic mass is 16.5. The maximum absolute atomic E-state index is 13.9. The molecule has 0 aliphatic heterocycles. The van der Waals surface area contributed by atoms with Crippen LogP contribution in [0.4, 0.5) is 5.69 Å². The van der Waals surface area contributed by atoms with E-state index in [1.54, 1.807) is 48.9 Å². The first-order valence-corrected chi connectivity index (χ1v) is 12.6. The molecule has 0 spiro atoms. The molecule has 4 aromatic rings.